The van der Waals surface area contributed by atoms with Gasteiger partial charge in [0.15, 0.2) is 0 Å². The summed E-state index contributed by atoms with van der Waals surface area (Å²) in [6.07, 6.45) is 3.39. The number of rotatable bonds is 4. The fraction of sp³-hybridized carbons (Fsp3) is 0.250. The van der Waals surface area contributed by atoms with Gasteiger partial charge in [0.05, 0.1) is 6.26 Å². The molecule has 0 saturated carbocycles. The lowest BCUT2D eigenvalue weighted by Crippen LogP contribution is -2.11. The van der Waals surface area contributed by atoms with Crippen molar-refractivity contribution in [2.24, 2.45) is 0 Å². The number of phenols is 2. The number of fused-ring (bicyclic) bond motifs is 2. The Bertz CT molecular complexity index is 1160. The molecule has 0 unspecified atom stereocenters. The summed E-state index contributed by atoms with van der Waals surface area (Å²) in [5.41, 5.74) is 7.17. The van der Waals surface area contributed by atoms with Crippen LogP contribution in [0.1, 0.15) is 39.3 Å². The molecule has 0 atom stereocenters. The van der Waals surface area contributed by atoms with Gasteiger partial charge in [-0.05, 0) is 96.0 Å². The van der Waals surface area contributed by atoms with Gasteiger partial charge in [0.1, 0.15) is 11.5 Å². The molecule has 0 heterocycles. The number of phenolic OH excluding ortho intramolecular Hbond substituents is 2. The molecular weight excluding hydrogens is 398 g/mol. The minimum absolute atomic E-state index is 0.0332. The number of benzene rings is 3. The van der Waals surface area contributed by atoms with E-state index in [4.69, 9.17) is 0 Å². The minimum atomic E-state index is -3.36. The summed E-state index contributed by atoms with van der Waals surface area (Å²) >= 11 is 0. The lowest BCUT2D eigenvalue weighted by molar-refractivity contribution is 0.473. The van der Waals surface area contributed by atoms with Crippen LogP contribution in [0, 0.1) is 6.92 Å². The van der Waals surface area contributed by atoms with Gasteiger partial charge in [-0.3, -0.25) is 4.72 Å². The average molecular weight is 424 g/mol. The summed E-state index contributed by atoms with van der Waals surface area (Å²) in [7, 11) is -3.36. The number of sulfonamides is 1. The first-order valence-corrected chi connectivity index (χ1v) is 11.8. The zero-order chi connectivity index (χ0) is 21.5. The molecule has 3 aromatic carbocycles. The Morgan fingerprint density at radius 1 is 0.900 bits per heavy atom. The maximum atomic E-state index is 11.7. The van der Waals surface area contributed by atoms with Gasteiger partial charge in [-0.15, -0.1) is 0 Å². The summed E-state index contributed by atoms with van der Waals surface area (Å²) in [6, 6.07) is 16.6. The van der Waals surface area contributed by atoms with Crippen molar-refractivity contribution < 1.29 is 18.6 Å². The lowest BCUT2D eigenvalue weighted by atomic mass is 9.82. The molecule has 3 N–H and O–H groups in total. The molecule has 0 aromatic heterocycles. The molecule has 156 valence electrons. The van der Waals surface area contributed by atoms with Gasteiger partial charge in [0.25, 0.3) is 0 Å². The molecule has 1 aliphatic rings. The molecule has 0 aliphatic heterocycles. The second-order valence-electron chi connectivity index (χ2n) is 8.04. The second kappa shape index (κ2) is 7.69. The summed E-state index contributed by atoms with van der Waals surface area (Å²) in [4.78, 5) is 0. The SMILES string of the molecule is Cc1ccc(NS(C)(=O)=O)cc1CC1c2ccc(O)cc2CCc2cc(O)ccc21. The van der Waals surface area contributed by atoms with Crippen LogP contribution in [0.2, 0.25) is 0 Å². The number of aromatic hydroxyl groups is 2. The van der Waals surface area contributed by atoms with Gasteiger partial charge in [0.2, 0.25) is 10.0 Å². The van der Waals surface area contributed by atoms with E-state index >= 15 is 0 Å². The zero-order valence-corrected chi connectivity index (χ0v) is 17.8. The molecule has 30 heavy (non-hydrogen) atoms. The van der Waals surface area contributed by atoms with Crippen molar-refractivity contribution in [2.45, 2.75) is 32.1 Å². The van der Waals surface area contributed by atoms with Crippen molar-refractivity contribution in [2.75, 3.05) is 11.0 Å². The van der Waals surface area contributed by atoms with E-state index in [1.807, 2.05) is 43.3 Å². The average Bonchev–Trinajstić information content (AvgIpc) is 2.80. The summed E-state index contributed by atoms with van der Waals surface area (Å²) in [5.74, 6) is 0.527. The molecule has 5 nitrogen and oxygen atoms in total. The normalized spacial score (nSPS) is 13.9. The van der Waals surface area contributed by atoms with Crippen molar-refractivity contribution in [3.05, 3.63) is 88.0 Å². The molecular formula is C24H25NO4S. The van der Waals surface area contributed by atoms with E-state index in [1.165, 1.54) is 0 Å². The Labute approximate surface area is 177 Å². The van der Waals surface area contributed by atoms with E-state index in [0.29, 0.717) is 12.1 Å². The second-order valence-corrected chi connectivity index (χ2v) is 9.79. The van der Waals surface area contributed by atoms with E-state index in [1.54, 1.807) is 18.2 Å². The van der Waals surface area contributed by atoms with E-state index in [0.717, 1.165) is 52.5 Å². The quantitative estimate of drug-likeness (QED) is 0.585. The number of anilines is 1. The van der Waals surface area contributed by atoms with Crippen LogP contribution in [0.4, 0.5) is 5.69 Å². The molecule has 0 spiro atoms. The van der Waals surface area contributed by atoms with Crippen molar-refractivity contribution in [3.8, 4) is 11.5 Å². The largest absolute Gasteiger partial charge is 0.508 e. The van der Waals surface area contributed by atoms with E-state index in [2.05, 4.69) is 4.72 Å². The van der Waals surface area contributed by atoms with E-state index < -0.39 is 10.0 Å². The predicted octanol–water partition coefficient (Wildman–Crippen LogP) is 4.25. The van der Waals surface area contributed by atoms with Gasteiger partial charge >= 0.3 is 0 Å². The molecule has 0 fully saturated rings. The van der Waals surface area contributed by atoms with Gasteiger partial charge in [0, 0.05) is 11.6 Å². The smallest absolute Gasteiger partial charge is 0.229 e. The summed E-state index contributed by atoms with van der Waals surface area (Å²) in [6.45, 7) is 2.02. The summed E-state index contributed by atoms with van der Waals surface area (Å²) < 4.78 is 25.9. The van der Waals surface area contributed by atoms with Crippen LogP contribution in [0.5, 0.6) is 11.5 Å². The third-order valence-corrected chi connectivity index (χ3v) is 6.35. The van der Waals surface area contributed by atoms with Crippen molar-refractivity contribution in [1.29, 1.82) is 0 Å². The van der Waals surface area contributed by atoms with Crippen LogP contribution < -0.4 is 4.72 Å². The Balaban J connectivity index is 1.81. The maximum absolute atomic E-state index is 11.7. The Hall–Kier alpha value is -2.99. The third-order valence-electron chi connectivity index (χ3n) is 5.74. The zero-order valence-electron chi connectivity index (χ0n) is 17.0. The van der Waals surface area contributed by atoms with Gasteiger partial charge < -0.3 is 10.2 Å². The first-order chi connectivity index (χ1) is 14.2. The van der Waals surface area contributed by atoms with Gasteiger partial charge in [-0.1, -0.05) is 18.2 Å². The highest BCUT2D eigenvalue weighted by molar-refractivity contribution is 7.92. The molecule has 1 aliphatic carbocycles. The van der Waals surface area contributed by atoms with Crippen LogP contribution in [-0.2, 0) is 29.3 Å². The van der Waals surface area contributed by atoms with Crippen molar-refractivity contribution in [3.63, 3.8) is 0 Å². The third kappa shape index (κ3) is 4.28. The monoisotopic (exact) mass is 423 g/mol. The number of nitrogens with one attached hydrogen (secondary N) is 1. The Morgan fingerprint density at radius 3 is 2.00 bits per heavy atom. The van der Waals surface area contributed by atoms with Crippen LogP contribution in [0.15, 0.2) is 54.6 Å². The first-order valence-electron chi connectivity index (χ1n) is 9.90. The predicted molar refractivity (Wildman–Crippen MR) is 119 cm³/mol. The topological polar surface area (TPSA) is 86.6 Å². The first kappa shape index (κ1) is 20.3. The van der Waals surface area contributed by atoms with E-state index in [-0.39, 0.29) is 17.4 Å². The van der Waals surface area contributed by atoms with Crippen LogP contribution >= 0.6 is 0 Å². The molecule has 3 aromatic rings. The highest BCUT2D eigenvalue weighted by Gasteiger charge is 2.25. The molecule has 0 saturated heterocycles. The van der Waals surface area contributed by atoms with Gasteiger partial charge in [-0.25, -0.2) is 8.42 Å². The Kier molecular flexibility index (Phi) is 5.20. The standard InChI is InChI=1S/C24H25NO4S/c1-15-3-6-19(25-30(2,28)29)11-18(15)14-24-22-9-7-20(26)12-16(22)4-5-17-13-21(27)8-10-23(17)24/h3,6-13,24-27H,4-5,14H2,1-2H3. The van der Waals surface area contributed by atoms with E-state index in [9.17, 15) is 18.6 Å². The highest BCUT2D eigenvalue weighted by atomic mass is 32.2. The van der Waals surface area contributed by atoms with Crippen molar-refractivity contribution in [1.82, 2.24) is 0 Å². The number of hydrogen-bond donors (Lipinski definition) is 3. The fourth-order valence-electron chi connectivity index (χ4n) is 4.34. The highest BCUT2D eigenvalue weighted by Crippen LogP contribution is 2.39. The molecule has 6 heteroatoms. The van der Waals surface area contributed by atoms with Crippen LogP contribution in [0.25, 0.3) is 0 Å². The molecule has 4 rings (SSSR count). The number of aryl methyl sites for hydroxylation is 3. The van der Waals surface area contributed by atoms with Crippen molar-refractivity contribution >= 4 is 15.7 Å². The lowest BCUT2D eigenvalue weighted by Gasteiger charge is -2.22. The number of hydrogen-bond acceptors (Lipinski definition) is 4. The minimum Gasteiger partial charge on any atom is -0.508 e. The van der Waals surface area contributed by atoms with Crippen LogP contribution in [0.3, 0.4) is 0 Å². The Morgan fingerprint density at radius 2 is 1.47 bits per heavy atom. The molecule has 0 bridgehead atoms. The maximum Gasteiger partial charge on any atom is 0.229 e. The molecule has 0 amide bonds. The fourth-order valence-corrected chi connectivity index (χ4v) is 4.90. The van der Waals surface area contributed by atoms with Crippen LogP contribution in [-0.4, -0.2) is 24.9 Å². The molecule has 0 radical (unpaired) electrons. The summed E-state index contributed by atoms with van der Waals surface area (Å²) in [5, 5.41) is 20.0. The van der Waals surface area contributed by atoms with Gasteiger partial charge in [-0.2, -0.15) is 0 Å².